The molecule has 0 aliphatic heterocycles. The molecule has 0 N–H and O–H groups in total. The molecule has 0 aliphatic carbocycles. The zero-order chi connectivity index (χ0) is 15.2. The van der Waals surface area contributed by atoms with Gasteiger partial charge in [0.1, 0.15) is 5.92 Å². The SMILES string of the molecule is CCOC(=O)C(CC(Cl)CC(Cl)(Cl)Cl)C(=O)N(C)C. The van der Waals surface area contributed by atoms with Crippen LogP contribution in [0.3, 0.4) is 0 Å². The van der Waals surface area contributed by atoms with Crippen LogP contribution >= 0.6 is 46.4 Å². The van der Waals surface area contributed by atoms with Crippen molar-refractivity contribution < 1.29 is 14.3 Å². The van der Waals surface area contributed by atoms with Gasteiger partial charge in [-0.1, -0.05) is 34.8 Å². The summed E-state index contributed by atoms with van der Waals surface area (Å²) < 4.78 is 3.34. The lowest BCUT2D eigenvalue weighted by molar-refractivity contribution is -0.155. The summed E-state index contributed by atoms with van der Waals surface area (Å²) >= 11 is 22.9. The van der Waals surface area contributed by atoms with Gasteiger partial charge < -0.3 is 9.64 Å². The lowest BCUT2D eigenvalue weighted by Gasteiger charge is -2.22. The first-order valence-corrected chi connectivity index (χ1v) is 7.24. The van der Waals surface area contributed by atoms with E-state index < -0.39 is 21.1 Å². The van der Waals surface area contributed by atoms with Crippen LogP contribution in [0, 0.1) is 5.92 Å². The Morgan fingerprint density at radius 1 is 1.26 bits per heavy atom. The van der Waals surface area contributed by atoms with Crippen molar-refractivity contribution in [1.82, 2.24) is 4.90 Å². The average Bonchev–Trinajstić information content (AvgIpc) is 2.22. The highest BCUT2D eigenvalue weighted by atomic mass is 35.6. The van der Waals surface area contributed by atoms with Gasteiger partial charge >= 0.3 is 5.97 Å². The lowest BCUT2D eigenvalue weighted by Crippen LogP contribution is -2.37. The molecule has 19 heavy (non-hydrogen) atoms. The van der Waals surface area contributed by atoms with Crippen LogP contribution in [-0.2, 0) is 14.3 Å². The third-order valence-corrected chi connectivity index (χ3v) is 3.05. The molecule has 0 fully saturated rings. The summed E-state index contributed by atoms with van der Waals surface area (Å²) in [6.07, 6.45) is 0.0984. The summed E-state index contributed by atoms with van der Waals surface area (Å²) in [6.45, 7) is 1.85. The van der Waals surface area contributed by atoms with E-state index in [4.69, 9.17) is 51.1 Å². The van der Waals surface area contributed by atoms with E-state index in [1.165, 1.54) is 4.90 Å². The maximum absolute atomic E-state index is 11.9. The molecule has 0 aliphatic rings. The van der Waals surface area contributed by atoms with Crippen LogP contribution in [0.2, 0.25) is 0 Å². The second kappa shape index (κ2) is 8.40. The van der Waals surface area contributed by atoms with Crippen molar-refractivity contribution in [3.05, 3.63) is 0 Å². The highest BCUT2D eigenvalue weighted by molar-refractivity contribution is 6.67. The van der Waals surface area contributed by atoms with Crippen molar-refractivity contribution in [2.24, 2.45) is 5.92 Å². The first kappa shape index (κ1) is 19.1. The Hall–Kier alpha value is 0.1000. The maximum Gasteiger partial charge on any atom is 0.318 e. The Labute approximate surface area is 133 Å². The van der Waals surface area contributed by atoms with Crippen LogP contribution in [0.15, 0.2) is 0 Å². The normalized spacial score (nSPS) is 14.7. The number of carbonyl (C=O) groups excluding carboxylic acids is 2. The number of esters is 1. The van der Waals surface area contributed by atoms with Gasteiger partial charge in [-0.15, -0.1) is 11.6 Å². The lowest BCUT2D eigenvalue weighted by atomic mass is 10.0. The second-order valence-electron chi connectivity index (χ2n) is 4.19. The molecule has 8 heteroatoms. The van der Waals surface area contributed by atoms with Crippen molar-refractivity contribution in [2.45, 2.75) is 28.9 Å². The fourth-order valence-electron chi connectivity index (χ4n) is 1.44. The average molecular weight is 353 g/mol. The van der Waals surface area contributed by atoms with Gasteiger partial charge in [-0.05, 0) is 13.3 Å². The number of rotatable bonds is 6. The van der Waals surface area contributed by atoms with E-state index in [1.807, 2.05) is 0 Å². The highest BCUT2D eigenvalue weighted by Gasteiger charge is 2.34. The van der Waals surface area contributed by atoms with Gasteiger partial charge in [-0.25, -0.2) is 0 Å². The third-order valence-electron chi connectivity index (χ3n) is 2.25. The van der Waals surface area contributed by atoms with Crippen molar-refractivity contribution in [2.75, 3.05) is 20.7 Å². The van der Waals surface area contributed by atoms with Crippen LogP contribution < -0.4 is 0 Å². The van der Waals surface area contributed by atoms with E-state index >= 15 is 0 Å². The molecule has 0 rings (SSSR count). The molecule has 2 unspecified atom stereocenters. The number of ether oxygens (including phenoxy) is 1. The minimum Gasteiger partial charge on any atom is -0.465 e. The van der Waals surface area contributed by atoms with E-state index in [2.05, 4.69) is 0 Å². The van der Waals surface area contributed by atoms with Gasteiger partial charge in [0.15, 0.2) is 3.79 Å². The fourth-order valence-corrected chi connectivity index (χ4v) is 2.65. The molecule has 0 radical (unpaired) electrons. The number of halogens is 4. The third kappa shape index (κ3) is 8.08. The number of hydrogen-bond donors (Lipinski definition) is 0. The van der Waals surface area contributed by atoms with E-state index in [-0.39, 0.29) is 25.4 Å². The van der Waals surface area contributed by atoms with Crippen molar-refractivity contribution >= 4 is 58.3 Å². The minimum atomic E-state index is -1.52. The Kier molecular flexibility index (Phi) is 8.45. The zero-order valence-electron chi connectivity index (χ0n) is 11.0. The quantitative estimate of drug-likeness (QED) is 0.419. The zero-order valence-corrected chi connectivity index (χ0v) is 14.0. The van der Waals surface area contributed by atoms with E-state index in [0.29, 0.717) is 0 Å². The summed E-state index contributed by atoms with van der Waals surface area (Å²) in [5.41, 5.74) is 0. The molecule has 0 bridgehead atoms. The second-order valence-corrected chi connectivity index (χ2v) is 7.32. The smallest absolute Gasteiger partial charge is 0.318 e. The van der Waals surface area contributed by atoms with Crippen molar-refractivity contribution in [3.8, 4) is 0 Å². The molecular formula is C11H17Cl4NO3. The molecule has 0 aromatic heterocycles. The first-order chi connectivity index (χ1) is 8.58. The number of carbonyl (C=O) groups is 2. The van der Waals surface area contributed by atoms with Gasteiger partial charge in [0.2, 0.25) is 5.91 Å². The van der Waals surface area contributed by atoms with Crippen molar-refractivity contribution in [1.29, 1.82) is 0 Å². The topological polar surface area (TPSA) is 46.6 Å². The molecule has 4 nitrogen and oxygen atoms in total. The summed E-state index contributed by atoms with van der Waals surface area (Å²) in [6, 6.07) is 0. The summed E-state index contributed by atoms with van der Waals surface area (Å²) in [7, 11) is 3.10. The van der Waals surface area contributed by atoms with Crippen molar-refractivity contribution in [3.63, 3.8) is 0 Å². The molecule has 1 amide bonds. The van der Waals surface area contributed by atoms with Crippen LogP contribution in [0.5, 0.6) is 0 Å². The van der Waals surface area contributed by atoms with Crippen LogP contribution in [-0.4, -0.2) is 46.6 Å². The molecule has 0 saturated heterocycles. The Balaban J connectivity index is 4.76. The first-order valence-electron chi connectivity index (χ1n) is 5.67. The Morgan fingerprint density at radius 2 is 1.79 bits per heavy atom. The Morgan fingerprint density at radius 3 is 2.16 bits per heavy atom. The van der Waals surface area contributed by atoms with E-state index in [1.54, 1.807) is 21.0 Å². The molecule has 0 aromatic rings. The van der Waals surface area contributed by atoms with Gasteiger partial charge in [-0.2, -0.15) is 0 Å². The summed E-state index contributed by atoms with van der Waals surface area (Å²) in [4.78, 5) is 25.0. The number of nitrogens with zero attached hydrogens (tertiary/aromatic N) is 1. The fraction of sp³-hybridized carbons (Fsp3) is 0.818. The highest BCUT2D eigenvalue weighted by Crippen LogP contribution is 2.35. The summed E-state index contributed by atoms with van der Waals surface area (Å²) in [5, 5.41) is -0.620. The predicted molar refractivity (Wildman–Crippen MR) is 78.0 cm³/mol. The van der Waals surface area contributed by atoms with Gasteiger partial charge in [-0.3, -0.25) is 9.59 Å². The molecule has 0 saturated carbocycles. The number of alkyl halides is 4. The Bertz CT molecular complexity index is 318. The molecule has 0 spiro atoms. The van der Waals surface area contributed by atoms with Gasteiger partial charge in [0.05, 0.1) is 6.61 Å². The standard InChI is InChI=1S/C11H17Cl4NO3/c1-4-19-10(18)8(9(17)16(2)3)5-7(12)6-11(13,14)15/h7-8H,4-6H2,1-3H3. The van der Waals surface area contributed by atoms with E-state index in [9.17, 15) is 9.59 Å². The largest absolute Gasteiger partial charge is 0.465 e. The molecule has 0 heterocycles. The monoisotopic (exact) mass is 351 g/mol. The summed E-state index contributed by atoms with van der Waals surface area (Å²) in [5.74, 6) is -1.98. The van der Waals surface area contributed by atoms with E-state index in [0.717, 1.165) is 0 Å². The van der Waals surface area contributed by atoms with Gasteiger partial charge in [0, 0.05) is 25.9 Å². The van der Waals surface area contributed by atoms with Gasteiger partial charge in [0.25, 0.3) is 0 Å². The van der Waals surface area contributed by atoms with Crippen LogP contribution in [0.25, 0.3) is 0 Å². The number of hydrogen-bond acceptors (Lipinski definition) is 3. The molecule has 2 atom stereocenters. The van der Waals surface area contributed by atoms with Crippen LogP contribution in [0.1, 0.15) is 19.8 Å². The van der Waals surface area contributed by atoms with Crippen LogP contribution in [0.4, 0.5) is 0 Å². The molecule has 112 valence electrons. The molecule has 0 aromatic carbocycles. The minimum absolute atomic E-state index is 0.0375. The maximum atomic E-state index is 11.9. The predicted octanol–water partition coefficient (Wildman–Crippen LogP) is 3.01. The molecular weight excluding hydrogens is 336 g/mol. The number of amides is 1.